The Kier molecular flexibility index (Phi) is 4.11. The first-order valence-electron chi connectivity index (χ1n) is 7.22. The van der Waals surface area contributed by atoms with Crippen molar-refractivity contribution in [1.82, 2.24) is 9.78 Å². The summed E-state index contributed by atoms with van der Waals surface area (Å²) in [5, 5.41) is 7.17. The fourth-order valence-corrected chi connectivity index (χ4v) is 2.85. The van der Waals surface area contributed by atoms with Crippen molar-refractivity contribution in [2.24, 2.45) is 0 Å². The molecule has 1 aliphatic carbocycles. The summed E-state index contributed by atoms with van der Waals surface area (Å²) in [4.78, 5) is 24.5. The Balaban J connectivity index is 1.81. The van der Waals surface area contributed by atoms with Gasteiger partial charge in [-0.05, 0) is 56.0 Å². The van der Waals surface area contributed by atoms with Gasteiger partial charge in [0.25, 0.3) is 5.56 Å². The molecule has 0 bridgehead atoms. The number of nitrogens with zero attached hydrogens (tertiary/aromatic N) is 2. The van der Waals surface area contributed by atoms with E-state index in [1.54, 1.807) is 25.1 Å². The molecule has 0 fully saturated rings. The molecule has 6 heteroatoms. The van der Waals surface area contributed by atoms with Crippen LogP contribution in [0.15, 0.2) is 39.6 Å². The van der Waals surface area contributed by atoms with Gasteiger partial charge < -0.3 is 5.32 Å². The van der Waals surface area contributed by atoms with Crippen LogP contribution >= 0.6 is 15.9 Å². The molecule has 1 atom stereocenters. The van der Waals surface area contributed by atoms with Crippen LogP contribution in [0.5, 0.6) is 0 Å². The number of fused-ring (bicyclic) bond motifs is 1. The number of rotatable bonds is 3. The van der Waals surface area contributed by atoms with Gasteiger partial charge in [-0.3, -0.25) is 9.59 Å². The molecule has 1 heterocycles. The number of aromatic nitrogens is 2. The monoisotopic (exact) mass is 361 g/mol. The predicted molar refractivity (Wildman–Crippen MR) is 88.0 cm³/mol. The molecule has 3 rings (SSSR count). The van der Waals surface area contributed by atoms with Crippen LogP contribution in [0.4, 0.5) is 5.69 Å². The molecule has 1 amide bonds. The topological polar surface area (TPSA) is 64.0 Å². The molecule has 1 unspecified atom stereocenters. The van der Waals surface area contributed by atoms with Crippen LogP contribution in [0.2, 0.25) is 0 Å². The number of carbonyl (C=O) groups is 1. The fraction of sp³-hybridized carbons (Fsp3) is 0.312. The van der Waals surface area contributed by atoms with E-state index in [2.05, 4.69) is 26.3 Å². The maximum Gasteiger partial charge on any atom is 0.267 e. The van der Waals surface area contributed by atoms with Gasteiger partial charge in [0.2, 0.25) is 5.91 Å². The highest BCUT2D eigenvalue weighted by molar-refractivity contribution is 9.10. The van der Waals surface area contributed by atoms with Crippen molar-refractivity contribution < 1.29 is 4.79 Å². The van der Waals surface area contributed by atoms with Crippen LogP contribution < -0.4 is 10.9 Å². The van der Waals surface area contributed by atoms with E-state index in [9.17, 15) is 9.59 Å². The van der Waals surface area contributed by atoms with Crippen LogP contribution in [0.1, 0.15) is 30.6 Å². The third kappa shape index (κ3) is 2.97. The number of aryl methyl sites for hydroxylation is 2. The first-order valence-corrected chi connectivity index (χ1v) is 8.02. The molecule has 0 saturated carbocycles. The molecule has 114 valence electrons. The molecule has 1 aromatic heterocycles. The first-order chi connectivity index (χ1) is 10.5. The number of hydrogen-bond acceptors (Lipinski definition) is 3. The highest BCUT2D eigenvalue weighted by atomic mass is 79.9. The first kappa shape index (κ1) is 15.0. The van der Waals surface area contributed by atoms with E-state index in [0.717, 1.165) is 35.0 Å². The van der Waals surface area contributed by atoms with Crippen molar-refractivity contribution in [3.05, 3.63) is 56.4 Å². The molecular formula is C16H16BrN3O2. The van der Waals surface area contributed by atoms with Crippen molar-refractivity contribution in [2.75, 3.05) is 5.32 Å². The van der Waals surface area contributed by atoms with E-state index in [4.69, 9.17) is 0 Å². The van der Waals surface area contributed by atoms with Crippen molar-refractivity contribution >= 4 is 27.5 Å². The van der Waals surface area contributed by atoms with Crippen LogP contribution in [0.3, 0.4) is 0 Å². The summed E-state index contributed by atoms with van der Waals surface area (Å²) in [6, 6.07) is 8.25. The van der Waals surface area contributed by atoms with Crippen molar-refractivity contribution in [3.8, 4) is 0 Å². The second-order valence-corrected chi connectivity index (χ2v) is 6.34. The molecule has 1 N–H and O–H groups in total. The summed E-state index contributed by atoms with van der Waals surface area (Å²) in [6.07, 6.45) is 2.79. The normalized spacial score (nSPS) is 14.5. The largest absolute Gasteiger partial charge is 0.324 e. The summed E-state index contributed by atoms with van der Waals surface area (Å²) in [5.74, 6) is -0.255. The maximum absolute atomic E-state index is 12.3. The molecule has 0 radical (unpaired) electrons. The molecule has 1 aromatic carbocycles. The molecule has 0 saturated heterocycles. The van der Waals surface area contributed by atoms with Gasteiger partial charge in [-0.1, -0.05) is 15.9 Å². The number of carbonyl (C=O) groups excluding carboxylic acids is 1. The summed E-state index contributed by atoms with van der Waals surface area (Å²) in [6.45, 7) is 1.68. The van der Waals surface area contributed by atoms with Gasteiger partial charge in [0.15, 0.2) is 0 Å². The van der Waals surface area contributed by atoms with Crippen molar-refractivity contribution in [1.29, 1.82) is 0 Å². The van der Waals surface area contributed by atoms with Crippen molar-refractivity contribution in [3.63, 3.8) is 0 Å². The van der Waals surface area contributed by atoms with Gasteiger partial charge in [0, 0.05) is 16.2 Å². The van der Waals surface area contributed by atoms with Crippen LogP contribution in [0.25, 0.3) is 0 Å². The van der Waals surface area contributed by atoms with Crippen LogP contribution in [0, 0.1) is 0 Å². The zero-order valence-electron chi connectivity index (χ0n) is 12.2. The standard InChI is InChI=1S/C16H16BrN3O2/c1-10(16(22)18-13-7-5-12(17)6-8-13)20-15(21)9-11-3-2-4-14(11)19-20/h5-10H,2-4H2,1H3,(H,18,22). The average Bonchev–Trinajstić information content (AvgIpc) is 2.95. The Labute approximate surface area is 136 Å². The van der Waals surface area contributed by atoms with Gasteiger partial charge in [-0.25, -0.2) is 4.68 Å². The Morgan fingerprint density at radius 2 is 2.05 bits per heavy atom. The van der Waals surface area contributed by atoms with E-state index in [0.29, 0.717) is 5.69 Å². The third-order valence-corrected chi connectivity index (χ3v) is 4.37. The fourth-order valence-electron chi connectivity index (χ4n) is 2.58. The lowest BCUT2D eigenvalue weighted by Gasteiger charge is -2.15. The lowest BCUT2D eigenvalue weighted by Crippen LogP contribution is -2.33. The molecule has 2 aromatic rings. The zero-order chi connectivity index (χ0) is 15.7. The number of anilines is 1. The quantitative estimate of drug-likeness (QED) is 0.913. The van der Waals surface area contributed by atoms with Crippen LogP contribution in [-0.4, -0.2) is 15.7 Å². The Morgan fingerprint density at radius 3 is 2.77 bits per heavy atom. The zero-order valence-corrected chi connectivity index (χ0v) is 13.8. The van der Waals surface area contributed by atoms with Gasteiger partial charge in [0.05, 0.1) is 5.69 Å². The molecule has 5 nitrogen and oxygen atoms in total. The molecule has 22 heavy (non-hydrogen) atoms. The average molecular weight is 362 g/mol. The number of hydrogen-bond donors (Lipinski definition) is 1. The Hall–Kier alpha value is -1.95. The smallest absolute Gasteiger partial charge is 0.267 e. The van der Waals surface area contributed by atoms with E-state index in [-0.39, 0.29) is 11.5 Å². The number of amides is 1. The van der Waals surface area contributed by atoms with E-state index in [1.807, 2.05) is 12.1 Å². The summed E-state index contributed by atoms with van der Waals surface area (Å²) in [7, 11) is 0. The Bertz CT molecular complexity index is 768. The molecular weight excluding hydrogens is 346 g/mol. The lowest BCUT2D eigenvalue weighted by molar-refractivity contribution is -0.119. The summed E-state index contributed by atoms with van der Waals surface area (Å²) < 4.78 is 2.22. The summed E-state index contributed by atoms with van der Waals surface area (Å²) >= 11 is 3.35. The second kappa shape index (κ2) is 6.04. The van der Waals surface area contributed by atoms with Gasteiger partial charge in [-0.15, -0.1) is 0 Å². The SMILES string of the molecule is CC(C(=O)Nc1ccc(Br)cc1)n1nc2c(cc1=O)CCC2. The predicted octanol–water partition coefficient (Wildman–Crippen LogP) is 2.69. The van der Waals surface area contributed by atoms with Crippen LogP contribution in [-0.2, 0) is 17.6 Å². The molecule has 0 spiro atoms. The Morgan fingerprint density at radius 1 is 1.32 bits per heavy atom. The van der Waals surface area contributed by atoms with E-state index >= 15 is 0 Å². The highest BCUT2D eigenvalue weighted by Gasteiger charge is 2.21. The minimum absolute atomic E-state index is 0.223. The lowest BCUT2D eigenvalue weighted by atomic mass is 10.2. The highest BCUT2D eigenvalue weighted by Crippen LogP contribution is 2.19. The minimum atomic E-state index is -0.651. The van der Waals surface area contributed by atoms with E-state index < -0.39 is 6.04 Å². The number of benzene rings is 1. The van der Waals surface area contributed by atoms with Gasteiger partial charge >= 0.3 is 0 Å². The third-order valence-electron chi connectivity index (χ3n) is 3.84. The summed E-state index contributed by atoms with van der Waals surface area (Å²) in [5.41, 5.74) is 2.41. The minimum Gasteiger partial charge on any atom is -0.324 e. The molecule has 0 aliphatic heterocycles. The van der Waals surface area contributed by atoms with Gasteiger partial charge in [0.1, 0.15) is 6.04 Å². The second-order valence-electron chi connectivity index (χ2n) is 5.42. The number of nitrogens with one attached hydrogen (secondary N) is 1. The van der Waals surface area contributed by atoms with E-state index in [1.165, 1.54) is 4.68 Å². The maximum atomic E-state index is 12.3. The number of halogens is 1. The van der Waals surface area contributed by atoms with Crippen molar-refractivity contribution in [2.45, 2.75) is 32.2 Å². The molecule has 1 aliphatic rings. The van der Waals surface area contributed by atoms with Gasteiger partial charge in [-0.2, -0.15) is 5.10 Å².